The molecular weight excluding hydrogens is 242 g/mol. The van der Waals surface area contributed by atoms with E-state index in [1.807, 2.05) is 27.7 Å². The molecule has 1 rings (SSSR count). The van der Waals surface area contributed by atoms with Gasteiger partial charge < -0.3 is 9.52 Å². The van der Waals surface area contributed by atoms with E-state index in [0.717, 1.165) is 0 Å². The molecule has 0 fully saturated rings. The SMILES string of the molecule is C=C/C=C(\C=C)c1oc(C)nc1C(=O)O.CC.CC. The van der Waals surface area contributed by atoms with Crippen molar-refractivity contribution in [3.63, 3.8) is 0 Å². The molecule has 1 heterocycles. The number of hydrogen-bond donors (Lipinski definition) is 1. The zero-order valence-electron chi connectivity index (χ0n) is 12.4. The molecule has 106 valence electrons. The lowest BCUT2D eigenvalue weighted by molar-refractivity contribution is 0.0690. The molecule has 1 N–H and O–H groups in total. The van der Waals surface area contributed by atoms with Crippen LogP contribution in [0.4, 0.5) is 0 Å². The fourth-order valence-electron chi connectivity index (χ4n) is 1.13. The van der Waals surface area contributed by atoms with Crippen LogP contribution in [0.3, 0.4) is 0 Å². The molecule has 0 aliphatic rings. The van der Waals surface area contributed by atoms with Crippen LogP contribution in [0.25, 0.3) is 5.57 Å². The van der Waals surface area contributed by atoms with E-state index in [1.165, 1.54) is 12.2 Å². The number of nitrogens with zero attached hydrogens (tertiary/aromatic N) is 1. The van der Waals surface area contributed by atoms with Gasteiger partial charge in [-0.25, -0.2) is 9.78 Å². The van der Waals surface area contributed by atoms with E-state index in [-0.39, 0.29) is 11.5 Å². The Morgan fingerprint density at radius 1 is 1.26 bits per heavy atom. The van der Waals surface area contributed by atoms with Gasteiger partial charge in [-0.1, -0.05) is 59.1 Å². The number of rotatable bonds is 4. The molecule has 0 saturated carbocycles. The van der Waals surface area contributed by atoms with Gasteiger partial charge >= 0.3 is 5.97 Å². The molecular formula is C15H23NO3. The summed E-state index contributed by atoms with van der Waals surface area (Å²) in [4.78, 5) is 14.6. The Morgan fingerprint density at radius 3 is 2.16 bits per heavy atom. The molecule has 0 radical (unpaired) electrons. The number of aromatic nitrogens is 1. The molecule has 0 aromatic carbocycles. The van der Waals surface area contributed by atoms with Gasteiger partial charge in [-0.15, -0.1) is 0 Å². The Labute approximate surface area is 115 Å². The fourth-order valence-corrected chi connectivity index (χ4v) is 1.13. The van der Waals surface area contributed by atoms with Crippen LogP contribution in [-0.2, 0) is 0 Å². The minimum Gasteiger partial charge on any atom is -0.476 e. The first-order chi connectivity index (χ1) is 9.10. The molecule has 0 amide bonds. The van der Waals surface area contributed by atoms with Gasteiger partial charge in [0.2, 0.25) is 0 Å². The monoisotopic (exact) mass is 265 g/mol. The van der Waals surface area contributed by atoms with E-state index < -0.39 is 5.97 Å². The predicted octanol–water partition coefficient (Wildman–Crippen LogP) is 4.49. The second-order valence-corrected chi connectivity index (χ2v) is 2.78. The average molecular weight is 265 g/mol. The summed E-state index contributed by atoms with van der Waals surface area (Å²) in [7, 11) is 0. The zero-order valence-corrected chi connectivity index (χ0v) is 12.4. The molecule has 1 aromatic heterocycles. The molecule has 19 heavy (non-hydrogen) atoms. The maximum Gasteiger partial charge on any atom is 0.358 e. The number of oxazole rings is 1. The van der Waals surface area contributed by atoms with Crippen molar-refractivity contribution in [2.75, 3.05) is 0 Å². The van der Waals surface area contributed by atoms with E-state index in [1.54, 1.807) is 13.0 Å². The van der Waals surface area contributed by atoms with Crippen LogP contribution < -0.4 is 0 Å². The summed E-state index contributed by atoms with van der Waals surface area (Å²) in [6.45, 7) is 16.7. The number of allylic oxidation sites excluding steroid dienone is 4. The quantitative estimate of drug-likeness (QED) is 0.815. The largest absolute Gasteiger partial charge is 0.476 e. The minimum atomic E-state index is -1.13. The lowest BCUT2D eigenvalue weighted by Crippen LogP contribution is -2.00. The Kier molecular flexibility index (Phi) is 11.2. The molecule has 0 spiro atoms. The number of carbonyl (C=O) groups is 1. The van der Waals surface area contributed by atoms with E-state index in [9.17, 15) is 4.79 Å². The lowest BCUT2D eigenvalue weighted by Gasteiger charge is -1.96. The van der Waals surface area contributed by atoms with E-state index >= 15 is 0 Å². The molecule has 0 unspecified atom stereocenters. The van der Waals surface area contributed by atoms with Crippen LogP contribution in [0.2, 0.25) is 0 Å². The van der Waals surface area contributed by atoms with Crippen molar-refractivity contribution in [2.45, 2.75) is 34.6 Å². The Morgan fingerprint density at radius 2 is 1.79 bits per heavy atom. The standard InChI is InChI=1S/C11H11NO3.2C2H6/c1-4-6-8(5-2)10-9(11(13)14)12-7(3)15-10;2*1-2/h4-6H,1-2H2,3H3,(H,13,14);2*1-2H3/b8-6+;;. The van der Waals surface area contributed by atoms with Gasteiger partial charge in [0.25, 0.3) is 0 Å². The first-order valence-corrected chi connectivity index (χ1v) is 6.26. The van der Waals surface area contributed by atoms with Crippen molar-refractivity contribution in [1.82, 2.24) is 4.98 Å². The highest BCUT2D eigenvalue weighted by molar-refractivity contribution is 5.92. The van der Waals surface area contributed by atoms with Gasteiger partial charge in [0.15, 0.2) is 17.3 Å². The number of carboxylic acids is 1. The minimum absolute atomic E-state index is 0.111. The second kappa shape index (κ2) is 11.0. The van der Waals surface area contributed by atoms with Crippen molar-refractivity contribution < 1.29 is 14.3 Å². The number of carboxylic acid groups (broad SMARTS) is 1. The highest BCUT2D eigenvalue weighted by Crippen LogP contribution is 2.21. The summed E-state index contributed by atoms with van der Waals surface area (Å²) in [5.41, 5.74) is 0.434. The number of aromatic carboxylic acids is 1. The lowest BCUT2D eigenvalue weighted by atomic mass is 10.1. The average Bonchev–Trinajstić information content (AvgIpc) is 2.82. The van der Waals surface area contributed by atoms with Gasteiger partial charge in [-0.2, -0.15) is 0 Å². The molecule has 0 aliphatic carbocycles. The van der Waals surface area contributed by atoms with Crippen molar-refractivity contribution in [2.24, 2.45) is 0 Å². The maximum atomic E-state index is 10.8. The van der Waals surface area contributed by atoms with Crippen LogP contribution in [0.15, 0.2) is 35.8 Å². The summed E-state index contributed by atoms with van der Waals surface area (Å²) in [5, 5.41) is 8.88. The van der Waals surface area contributed by atoms with Crippen LogP contribution in [-0.4, -0.2) is 16.1 Å². The first kappa shape index (κ1) is 19.2. The van der Waals surface area contributed by atoms with Gasteiger partial charge in [-0.3, -0.25) is 0 Å². The third-order valence-corrected chi connectivity index (χ3v) is 1.72. The highest BCUT2D eigenvalue weighted by Gasteiger charge is 2.19. The van der Waals surface area contributed by atoms with Crippen molar-refractivity contribution in [3.05, 3.63) is 48.7 Å². The van der Waals surface area contributed by atoms with Gasteiger partial charge in [0, 0.05) is 12.5 Å². The summed E-state index contributed by atoms with van der Waals surface area (Å²) in [6, 6.07) is 0. The third kappa shape index (κ3) is 5.86. The van der Waals surface area contributed by atoms with Crippen molar-refractivity contribution in [3.8, 4) is 0 Å². The van der Waals surface area contributed by atoms with Crippen molar-refractivity contribution >= 4 is 11.5 Å². The summed E-state index contributed by atoms with van der Waals surface area (Å²) in [6.07, 6.45) is 4.63. The fraction of sp³-hybridized carbons (Fsp3) is 0.333. The zero-order chi connectivity index (χ0) is 15.4. The first-order valence-electron chi connectivity index (χ1n) is 6.26. The molecule has 0 saturated heterocycles. The van der Waals surface area contributed by atoms with E-state index in [0.29, 0.717) is 11.5 Å². The van der Waals surface area contributed by atoms with Crippen LogP contribution in [0.1, 0.15) is 49.8 Å². The topological polar surface area (TPSA) is 63.3 Å². The Bertz CT molecular complexity index is 442. The molecule has 4 nitrogen and oxygen atoms in total. The van der Waals surface area contributed by atoms with Crippen LogP contribution >= 0.6 is 0 Å². The molecule has 0 bridgehead atoms. The van der Waals surface area contributed by atoms with Gasteiger partial charge in [0.1, 0.15) is 0 Å². The molecule has 0 aliphatic heterocycles. The number of aryl methyl sites for hydroxylation is 1. The normalized spacial score (nSPS) is 9.42. The molecule has 4 heteroatoms. The third-order valence-electron chi connectivity index (χ3n) is 1.72. The summed E-state index contributed by atoms with van der Waals surface area (Å²) < 4.78 is 5.20. The Hall–Kier alpha value is -2.10. The highest BCUT2D eigenvalue weighted by atomic mass is 16.4. The van der Waals surface area contributed by atoms with E-state index in [2.05, 4.69) is 18.1 Å². The molecule has 0 atom stereocenters. The summed E-state index contributed by atoms with van der Waals surface area (Å²) >= 11 is 0. The molecule has 1 aromatic rings. The predicted molar refractivity (Wildman–Crippen MR) is 79.3 cm³/mol. The van der Waals surface area contributed by atoms with Gasteiger partial charge in [0.05, 0.1) is 0 Å². The van der Waals surface area contributed by atoms with Gasteiger partial charge in [-0.05, 0) is 0 Å². The Balaban J connectivity index is 0. The van der Waals surface area contributed by atoms with E-state index in [4.69, 9.17) is 9.52 Å². The number of hydrogen-bond acceptors (Lipinski definition) is 3. The maximum absolute atomic E-state index is 10.8. The smallest absolute Gasteiger partial charge is 0.358 e. The van der Waals surface area contributed by atoms with Crippen LogP contribution in [0.5, 0.6) is 0 Å². The summed E-state index contributed by atoms with van der Waals surface area (Å²) in [5.74, 6) is -0.618. The van der Waals surface area contributed by atoms with Crippen LogP contribution in [0, 0.1) is 6.92 Å². The second-order valence-electron chi connectivity index (χ2n) is 2.78. The van der Waals surface area contributed by atoms with Crippen molar-refractivity contribution in [1.29, 1.82) is 0 Å².